The summed E-state index contributed by atoms with van der Waals surface area (Å²) in [6.45, 7) is 17.7. The van der Waals surface area contributed by atoms with E-state index in [-0.39, 0.29) is 5.41 Å². The lowest BCUT2D eigenvalue weighted by atomic mass is 9.80. The molecular weight excluding hydrogens is 326 g/mol. The quantitative estimate of drug-likeness (QED) is 0.449. The molecule has 146 valence electrons. The minimum atomic E-state index is 0.245. The molecule has 0 heterocycles. The smallest absolute Gasteiger partial charge is 0.0260 e. The molecule has 2 rings (SSSR count). The zero-order valence-corrected chi connectivity index (χ0v) is 18.0. The van der Waals surface area contributed by atoms with Crippen molar-refractivity contribution in [3.05, 3.63) is 78.0 Å². The summed E-state index contributed by atoms with van der Waals surface area (Å²) in [5.74, 6) is 0. The van der Waals surface area contributed by atoms with Crippen LogP contribution in [0.3, 0.4) is 0 Å². The van der Waals surface area contributed by atoms with Crippen molar-refractivity contribution in [1.82, 2.24) is 4.90 Å². The van der Waals surface area contributed by atoms with Gasteiger partial charge in [-0.15, -0.1) is 0 Å². The molecule has 1 unspecified atom stereocenters. The Hall–Kier alpha value is -2.02. The standard InChI is InChI=1S/C26H37N/c1-8-20(2)27(7)21(3)18-26(5,6)19-23-14-16-25(17-15-23)22(4)24-12-10-9-11-13-24/h10,12-17,21H,2,4,8-9,11,18-19H2,1,3,5-7H3. The molecule has 0 N–H and O–H groups in total. The SMILES string of the molecule is C=C(C1=CCCC=C1)c1ccc(CC(C)(C)CC(C)N(C)C(=C)CC)cc1. The van der Waals surface area contributed by atoms with Crippen molar-refractivity contribution in [2.45, 2.75) is 65.8 Å². The van der Waals surface area contributed by atoms with E-state index < -0.39 is 0 Å². The summed E-state index contributed by atoms with van der Waals surface area (Å²) in [6, 6.07) is 9.50. The first kappa shape index (κ1) is 21.3. The van der Waals surface area contributed by atoms with Gasteiger partial charge in [-0.25, -0.2) is 0 Å². The molecule has 1 aliphatic rings. The summed E-state index contributed by atoms with van der Waals surface area (Å²) < 4.78 is 0. The average molecular weight is 364 g/mol. The molecule has 0 amide bonds. The zero-order valence-electron chi connectivity index (χ0n) is 18.0. The van der Waals surface area contributed by atoms with Crippen molar-refractivity contribution in [2.75, 3.05) is 7.05 Å². The molecule has 1 aromatic rings. The van der Waals surface area contributed by atoms with E-state index in [1.807, 2.05) is 0 Å². The normalized spacial score (nSPS) is 15.2. The number of allylic oxidation sites excluding steroid dienone is 6. The van der Waals surface area contributed by atoms with E-state index in [1.54, 1.807) is 0 Å². The van der Waals surface area contributed by atoms with Gasteiger partial charge in [-0.1, -0.05) is 76.4 Å². The number of benzene rings is 1. The van der Waals surface area contributed by atoms with Gasteiger partial charge in [0.15, 0.2) is 0 Å². The van der Waals surface area contributed by atoms with E-state index in [1.165, 1.54) is 22.4 Å². The van der Waals surface area contributed by atoms with Crippen LogP contribution < -0.4 is 0 Å². The maximum absolute atomic E-state index is 4.30. The first-order chi connectivity index (χ1) is 12.7. The first-order valence-electron chi connectivity index (χ1n) is 10.3. The molecule has 1 aliphatic carbocycles. The Morgan fingerprint density at radius 3 is 2.37 bits per heavy atom. The Labute approximate surface area is 167 Å². The molecule has 0 saturated heterocycles. The Bertz CT molecular complexity index is 715. The molecule has 1 nitrogen and oxygen atoms in total. The van der Waals surface area contributed by atoms with Gasteiger partial charge >= 0.3 is 0 Å². The Balaban J connectivity index is 2.00. The average Bonchev–Trinajstić information content (AvgIpc) is 2.66. The predicted octanol–water partition coefficient (Wildman–Crippen LogP) is 7.18. The van der Waals surface area contributed by atoms with Crippen LogP contribution in [0.2, 0.25) is 0 Å². The zero-order chi connectivity index (χ0) is 20.0. The highest BCUT2D eigenvalue weighted by molar-refractivity contribution is 5.80. The van der Waals surface area contributed by atoms with Gasteiger partial charge in [0.2, 0.25) is 0 Å². The number of rotatable bonds is 9. The van der Waals surface area contributed by atoms with Crippen molar-refractivity contribution in [3.8, 4) is 0 Å². The van der Waals surface area contributed by atoms with Crippen molar-refractivity contribution in [3.63, 3.8) is 0 Å². The Morgan fingerprint density at radius 2 is 1.81 bits per heavy atom. The van der Waals surface area contributed by atoms with E-state index in [2.05, 4.69) is 95.3 Å². The molecule has 0 aliphatic heterocycles. The van der Waals surface area contributed by atoms with Crippen LogP contribution in [0.1, 0.15) is 64.5 Å². The highest BCUT2D eigenvalue weighted by atomic mass is 15.1. The summed E-state index contributed by atoms with van der Waals surface area (Å²) in [7, 11) is 2.17. The molecule has 0 aromatic heterocycles. The molecule has 1 aromatic carbocycles. The Kier molecular flexibility index (Phi) is 7.30. The highest BCUT2D eigenvalue weighted by Crippen LogP contribution is 2.31. The van der Waals surface area contributed by atoms with Crippen LogP contribution >= 0.6 is 0 Å². The maximum atomic E-state index is 4.30. The van der Waals surface area contributed by atoms with Crippen molar-refractivity contribution in [1.29, 1.82) is 0 Å². The minimum Gasteiger partial charge on any atom is -0.376 e. The van der Waals surface area contributed by atoms with E-state index >= 15 is 0 Å². The molecule has 0 spiro atoms. The second-order valence-corrected chi connectivity index (χ2v) is 8.74. The van der Waals surface area contributed by atoms with Crippen LogP contribution in [0.15, 0.2) is 66.9 Å². The number of hydrogen-bond donors (Lipinski definition) is 0. The van der Waals surface area contributed by atoms with Crippen LogP contribution in [0.4, 0.5) is 0 Å². The fourth-order valence-corrected chi connectivity index (χ4v) is 3.95. The third-order valence-electron chi connectivity index (χ3n) is 5.74. The molecule has 0 radical (unpaired) electrons. The van der Waals surface area contributed by atoms with Crippen molar-refractivity contribution >= 4 is 5.57 Å². The fourth-order valence-electron chi connectivity index (χ4n) is 3.95. The number of nitrogens with zero attached hydrogens (tertiary/aromatic N) is 1. The summed E-state index contributed by atoms with van der Waals surface area (Å²) in [5, 5.41) is 0. The van der Waals surface area contributed by atoms with Crippen LogP contribution in [0.5, 0.6) is 0 Å². The molecule has 0 bridgehead atoms. The largest absolute Gasteiger partial charge is 0.376 e. The lowest BCUT2D eigenvalue weighted by Gasteiger charge is -2.35. The van der Waals surface area contributed by atoms with Crippen molar-refractivity contribution < 1.29 is 0 Å². The van der Waals surface area contributed by atoms with Crippen molar-refractivity contribution in [2.24, 2.45) is 5.41 Å². The molecule has 1 atom stereocenters. The van der Waals surface area contributed by atoms with Gasteiger partial charge in [0.1, 0.15) is 0 Å². The van der Waals surface area contributed by atoms with Crippen LogP contribution in [-0.4, -0.2) is 18.0 Å². The second kappa shape index (κ2) is 9.26. The minimum absolute atomic E-state index is 0.245. The third kappa shape index (κ3) is 5.99. The monoisotopic (exact) mass is 363 g/mol. The summed E-state index contributed by atoms with van der Waals surface area (Å²) in [5.41, 5.74) is 6.48. The molecule has 0 saturated carbocycles. The molecule has 27 heavy (non-hydrogen) atoms. The summed E-state index contributed by atoms with van der Waals surface area (Å²) in [6.07, 6.45) is 12.2. The van der Waals surface area contributed by atoms with E-state index in [0.29, 0.717) is 6.04 Å². The predicted molar refractivity (Wildman–Crippen MR) is 121 cm³/mol. The van der Waals surface area contributed by atoms with Gasteiger partial charge in [-0.3, -0.25) is 0 Å². The lowest BCUT2D eigenvalue weighted by molar-refractivity contribution is 0.211. The Morgan fingerprint density at radius 1 is 1.15 bits per heavy atom. The topological polar surface area (TPSA) is 3.24 Å². The fraction of sp³-hybridized carbons (Fsp3) is 0.462. The lowest BCUT2D eigenvalue weighted by Crippen LogP contribution is -2.33. The van der Waals surface area contributed by atoms with Gasteiger partial charge in [0, 0.05) is 18.8 Å². The summed E-state index contributed by atoms with van der Waals surface area (Å²) in [4.78, 5) is 2.33. The van der Waals surface area contributed by atoms with E-state index in [0.717, 1.165) is 37.7 Å². The number of hydrogen-bond acceptors (Lipinski definition) is 1. The first-order valence-corrected chi connectivity index (χ1v) is 10.3. The van der Waals surface area contributed by atoms with Crippen LogP contribution in [0.25, 0.3) is 5.57 Å². The van der Waals surface area contributed by atoms with Gasteiger partial charge in [0.05, 0.1) is 0 Å². The third-order valence-corrected chi connectivity index (χ3v) is 5.74. The van der Waals surface area contributed by atoms with Crippen LogP contribution in [0, 0.1) is 5.41 Å². The van der Waals surface area contributed by atoms with Gasteiger partial charge < -0.3 is 4.90 Å². The van der Waals surface area contributed by atoms with Crippen LogP contribution in [-0.2, 0) is 6.42 Å². The maximum Gasteiger partial charge on any atom is 0.0260 e. The van der Waals surface area contributed by atoms with Gasteiger partial charge in [0.25, 0.3) is 0 Å². The highest BCUT2D eigenvalue weighted by Gasteiger charge is 2.24. The molecule has 0 fully saturated rings. The molecular formula is C26H37N. The van der Waals surface area contributed by atoms with E-state index in [9.17, 15) is 0 Å². The summed E-state index contributed by atoms with van der Waals surface area (Å²) >= 11 is 0. The second-order valence-electron chi connectivity index (χ2n) is 8.74. The molecule has 1 heteroatoms. The van der Waals surface area contributed by atoms with Gasteiger partial charge in [-0.2, -0.15) is 0 Å². The van der Waals surface area contributed by atoms with Gasteiger partial charge in [-0.05, 0) is 66.7 Å². The van der Waals surface area contributed by atoms with E-state index in [4.69, 9.17) is 0 Å².